The van der Waals surface area contributed by atoms with Gasteiger partial charge in [-0.2, -0.15) is 4.98 Å². The number of rotatable bonds is 7. The van der Waals surface area contributed by atoms with Crippen molar-refractivity contribution in [2.75, 3.05) is 24.6 Å². The van der Waals surface area contributed by atoms with Crippen LogP contribution in [-0.2, 0) is 0 Å². The summed E-state index contributed by atoms with van der Waals surface area (Å²) >= 11 is 0. The van der Waals surface area contributed by atoms with Gasteiger partial charge in [0.2, 0.25) is 5.88 Å². The van der Waals surface area contributed by atoms with Crippen LogP contribution in [0.2, 0.25) is 0 Å². The number of pyridine rings is 1. The number of nitrogens with zero attached hydrogens (tertiary/aromatic N) is 2. The molecule has 4 nitrogen and oxygen atoms in total. The molecule has 4 heteroatoms. The molecule has 0 aromatic carbocycles. The molecule has 18 heavy (non-hydrogen) atoms. The number of hydrogen-bond acceptors (Lipinski definition) is 4. The zero-order valence-corrected chi connectivity index (χ0v) is 11.1. The third-order valence-corrected chi connectivity index (χ3v) is 3.41. The molecule has 0 atom stereocenters. The summed E-state index contributed by atoms with van der Waals surface area (Å²) in [5, 5.41) is 0. The molecule has 0 radical (unpaired) electrons. The van der Waals surface area contributed by atoms with Crippen LogP contribution in [0.5, 0.6) is 5.88 Å². The van der Waals surface area contributed by atoms with Gasteiger partial charge in [-0.15, -0.1) is 0 Å². The predicted molar refractivity (Wildman–Crippen MR) is 74.1 cm³/mol. The van der Waals surface area contributed by atoms with Gasteiger partial charge >= 0.3 is 0 Å². The van der Waals surface area contributed by atoms with Gasteiger partial charge < -0.3 is 15.4 Å². The second kappa shape index (κ2) is 6.59. The topological polar surface area (TPSA) is 51.4 Å². The van der Waals surface area contributed by atoms with Crippen molar-refractivity contribution in [1.29, 1.82) is 0 Å². The minimum Gasteiger partial charge on any atom is -0.478 e. The van der Waals surface area contributed by atoms with E-state index in [9.17, 15) is 0 Å². The van der Waals surface area contributed by atoms with Crippen LogP contribution < -0.4 is 15.4 Å². The highest BCUT2D eigenvalue weighted by Gasteiger charge is 2.25. The van der Waals surface area contributed by atoms with Gasteiger partial charge in [-0.3, -0.25) is 0 Å². The van der Waals surface area contributed by atoms with Gasteiger partial charge in [0, 0.05) is 18.7 Å². The van der Waals surface area contributed by atoms with Crippen LogP contribution in [0.4, 0.5) is 5.82 Å². The minimum absolute atomic E-state index is 0.640. The van der Waals surface area contributed by atoms with Crippen LogP contribution in [0.15, 0.2) is 18.2 Å². The van der Waals surface area contributed by atoms with E-state index in [2.05, 4.69) is 16.0 Å². The lowest BCUT2D eigenvalue weighted by molar-refractivity contribution is 0.325. The van der Waals surface area contributed by atoms with E-state index in [1.54, 1.807) is 0 Å². The fraction of sp³-hybridized carbons (Fsp3) is 0.643. The molecule has 0 saturated heterocycles. The molecule has 1 aliphatic carbocycles. The van der Waals surface area contributed by atoms with Gasteiger partial charge in [0.1, 0.15) is 5.82 Å². The molecule has 0 amide bonds. The van der Waals surface area contributed by atoms with Crippen molar-refractivity contribution in [3.8, 4) is 5.88 Å². The Balaban J connectivity index is 2.10. The number of anilines is 1. The maximum atomic E-state index is 5.62. The lowest BCUT2D eigenvalue weighted by Gasteiger charge is -2.38. The second-order valence-electron chi connectivity index (χ2n) is 4.69. The van der Waals surface area contributed by atoms with E-state index in [-0.39, 0.29) is 0 Å². The molecular weight excluding hydrogens is 226 g/mol. The molecule has 0 spiro atoms. The Kier molecular flexibility index (Phi) is 4.81. The van der Waals surface area contributed by atoms with Crippen molar-refractivity contribution >= 4 is 5.82 Å². The molecule has 0 aliphatic heterocycles. The van der Waals surface area contributed by atoms with E-state index in [4.69, 9.17) is 10.5 Å². The summed E-state index contributed by atoms with van der Waals surface area (Å²) in [6, 6.07) is 6.63. The third-order valence-electron chi connectivity index (χ3n) is 3.41. The molecule has 1 aromatic rings. The third kappa shape index (κ3) is 3.13. The zero-order chi connectivity index (χ0) is 12.8. The molecular formula is C14H23N3O. The largest absolute Gasteiger partial charge is 0.478 e. The Hall–Kier alpha value is -1.29. The lowest BCUT2D eigenvalue weighted by Crippen LogP contribution is -2.41. The van der Waals surface area contributed by atoms with Crippen LogP contribution in [-0.4, -0.2) is 30.7 Å². The highest BCUT2D eigenvalue weighted by molar-refractivity contribution is 5.42. The van der Waals surface area contributed by atoms with Crippen LogP contribution in [0.3, 0.4) is 0 Å². The quantitative estimate of drug-likeness (QED) is 0.804. The Bertz CT molecular complexity index is 366. The monoisotopic (exact) mass is 249 g/mol. The summed E-state index contributed by atoms with van der Waals surface area (Å²) in [6.07, 6.45) is 4.88. The Morgan fingerprint density at radius 2 is 2.28 bits per heavy atom. The Morgan fingerprint density at radius 3 is 2.89 bits per heavy atom. The summed E-state index contributed by atoms with van der Waals surface area (Å²) in [5.74, 6) is 1.74. The number of hydrogen-bond donors (Lipinski definition) is 1. The van der Waals surface area contributed by atoms with Crippen LogP contribution in [0.1, 0.15) is 32.6 Å². The summed E-state index contributed by atoms with van der Waals surface area (Å²) < 4.78 is 5.47. The first-order valence-corrected chi connectivity index (χ1v) is 6.91. The summed E-state index contributed by atoms with van der Waals surface area (Å²) in [7, 11) is 0. The highest BCUT2D eigenvalue weighted by atomic mass is 16.5. The maximum absolute atomic E-state index is 5.62. The van der Waals surface area contributed by atoms with Gasteiger partial charge in [-0.25, -0.2) is 0 Å². The summed E-state index contributed by atoms with van der Waals surface area (Å²) in [5.41, 5.74) is 5.62. The van der Waals surface area contributed by atoms with E-state index < -0.39 is 0 Å². The van der Waals surface area contributed by atoms with Crippen LogP contribution >= 0.6 is 0 Å². The zero-order valence-electron chi connectivity index (χ0n) is 11.1. The lowest BCUT2D eigenvalue weighted by atomic mass is 9.91. The number of nitrogens with two attached hydrogens (primary N) is 1. The maximum Gasteiger partial charge on any atom is 0.215 e. The van der Waals surface area contributed by atoms with E-state index in [0.29, 0.717) is 18.5 Å². The molecule has 100 valence electrons. The van der Waals surface area contributed by atoms with E-state index in [0.717, 1.165) is 25.3 Å². The highest BCUT2D eigenvalue weighted by Crippen LogP contribution is 2.29. The van der Waals surface area contributed by atoms with E-state index in [1.165, 1.54) is 19.3 Å². The molecule has 2 N–H and O–H groups in total. The molecule has 0 bridgehead atoms. The van der Waals surface area contributed by atoms with Crippen molar-refractivity contribution < 1.29 is 4.74 Å². The van der Waals surface area contributed by atoms with Crippen molar-refractivity contribution in [3.05, 3.63) is 18.2 Å². The van der Waals surface area contributed by atoms with Gasteiger partial charge in [0.05, 0.1) is 6.61 Å². The fourth-order valence-corrected chi connectivity index (χ4v) is 2.24. The van der Waals surface area contributed by atoms with Crippen molar-refractivity contribution in [1.82, 2.24) is 4.98 Å². The van der Waals surface area contributed by atoms with Gasteiger partial charge in [0.15, 0.2) is 0 Å². The fourth-order valence-electron chi connectivity index (χ4n) is 2.24. The first-order valence-electron chi connectivity index (χ1n) is 6.91. The first-order chi connectivity index (χ1) is 8.85. The average Bonchev–Trinajstić information content (AvgIpc) is 2.33. The average molecular weight is 249 g/mol. The predicted octanol–water partition coefficient (Wildman–Crippen LogP) is 2.19. The second-order valence-corrected chi connectivity index (χ2v) is 4.69. The SMILES string of the molecule is CCOc1cccc(N(CCCN)C2CCC2)n1. The normalized spacial score (nSPS) is 15.2. The molecule has 0 unspecified atom stereocenters. The van der Waals surface area contributed by atoms with E-state index in [1.807, 2.05) is 19.1 Å². The van der Waals surface area contributed by atoms with Crippen LogP contribution in [0.25, 0.3) is 0 Å². The molecule has 1 saturated carbocycles. The molecule has 1 fully saturated rings. The first kappa shape index (κ1) is 13.1. The smallest absolute Gasteiger partial charge is 0.215 e. The van der Waals surface area contributed by atoms with Crippen molar-refractivity contribution in [3.63, 3.8) is 0 Å². The van der Waals surface area contributed by atoms with Crippen molar-refractivity contribution in [2.45, 2.75) is 38.6 Å². The van der Waals surface area contributed by atoms with Gasteiger partial charge in [0.25, 0.3) is 0 Å². The molecule has 1 heterocycles. The van der Waals surface area contributed by atoms with Crippen LogP contribution in [0, 0.1) is 0 Å². The number of aromatic nitrogens is 1. The number of ether oxygens (including phenoxy) is 1. The molecule has 1 aliphatic rings. The standard InChI is InChI=1S/C14H23N3O/c1-2-18-14-9-4-8-13(16-14)17(11-5-10-15)12-6-3-7-12/h4,8-9,12H,2-3,5-7,10-11,15H2,1H3. The van der Waals surface area contributed by atoms with Crippen molar-refractivity contribution in [2.24, 2.45) is 5.73 Å². The Morgan fingerprint density at radius 1 is 1.44 bits per heavy atom. The summed E-state index contributed by atoms with van der Waals surface area (Å²) in [4.78, 5) is 6.97. The van der Waals surface area contributed by atoms with Gasteiger partial charge in [-0.1, -0.05) is 6.07 Å². The molecule has 2 rings (SSSR count). The minimum atomic E-state index is 0.640. The molecule has 1 aromatic heterocycles. The van der Waals surface area contributed by atoms with Gasteiger partial charge in [-0.05, 0) is 45.2 Å². The van der Waals surface area contributed by atoms with E-state index >= 15 is 0 Å². The Labute approximate surface area is 109 Å². The summed E-state index contributed by atoms with van der Waals surface area (Å²) in [6.45, 7) is 4.35.